The minimum atomic E-state index is -4.48. The van der Waals surface area contributed by atoms with Gasteiger partial charge < -0.3 is 9.84 Å². The molecule has 0 bridgehead atoms. The van der Waals surface area contributed by atoms with Gasteiger partial charge in [-0.15, -0.1) is 0 Å². The molecule has 1 rings (SSSR count). The fourth-order valence-electron chi connectivity index (χ4n) is 1.22. The van der Waals surface area contributed by atoms with Crippen molar-refractivity contribution >= 4 is 6.08 Å². The Labute approximate surface area is 108 Å². The summed E-state index contributed by atoms with van der Waals surface area (Å²) < 4.78 is 55.5. The highest BCUT2D eigenvalue weighted by Crippen LogP contribution is 2.33. The van der Waals surface area contributed by atoms with Crippen molar-refractivity contribution in [3.05, 3.63) is 42.0 Å². The Morgan fingerprint density at radius 2 is 1.68 bits per heavy atom. The molecule has 0 aliphatic rings. The fraction of sp³-hybridized carbons (Fsp3) is 0.385. The van der Waals surface area contributed by atoms with Gasteiger partial charge in [-0.05, 0) is 5.56 Å². The van der Waals surface area contributed by atoms with E-state index in [4.69, 9.17) is 5.11 Å². The van der Waals surface area contributed by atoms with E-state index < -0.39 is 25.1 Å². The average molecular weight is 278 g/mol. The van der Waals surface area contributed by atoms with E-state index in [1.54, 1.807) is 30.3 Å². The van der Waals surface area contributed by atoms with E-state index in [-0.39, 0.29) is 6.61 Å². The summed E-state index contributed by atoms with van der Waals surface area (Å²) in [5.74, 6) is -8.86. The van der Waals surface area contributed by atoms with E-state index in [1.165, 1.54) is 6.08 Å². The molecular weight excluding hydrogens is 264 g/mol. The zero-order valence-electron chi connectivity index (χ0n) is 10.0. The summed E-state index contributed by atoms with van der Waals surface area (Å²) in [5, 5.41) is 8.18. The molecule has 0 saturated carbocycles. The van der Waals surface area contributed by atoms with Gasteiger partial charge in [-0.25, -0.2) is 0 Å². The molecule has 1 N–H and O–H groups in total. The summed E-state index contributed by atoms with van der Waals surface area (Å²) in [6, 6.07) is 9.02. The number of hydrogen-bond donors (Lipinski definition) is 1. The largest absolute Gasteiger partial charge is 0.390 e. The molecule has 0 atom stereocenters. The van der Waals surface area contributed by atoms with Crippen molar-refractivity contribution in [1.29, 1.82) is 0 Å². The van der Waals surface area contributed by atoms with Gasteiger partial charge in [0.2, 0.25) is 0 Å². The van der Waals surface area contributed by atoms with Crippen LogP contribution >= 0.6 is 0 Å². The second-order valence-electron chi connectivity index (χ2n) is 3.90. The van der Waals surface area contributed by atoms with E-state index >= 15 is 0 Å². The molecule has 6 heteroatoms. The van der Waals surface area contributed by atoms with Crippen LogP contribution in [0.2, 0.25) is 0 Å². The predicted molar refractivity (Wildman–Crippen MR) is 63.3 cm³/mol. The summed E-state index contributed by atoms with van der Waals surface area (Å²) in [6.45, 7) is -3.57. The lowest BCUT2D eigenvalue weighted by Crippen LogP contribution is -2.46. The average Bonchev–Trinajstić information content (AvgIpc) is 2.39. The van der Waals surface area contributed by atoms with E-state index in [9.17, 15) is 17.6 Å². The molecule has 0 aromatic heterocycles. The Bertz CT molecular complexity index is 404. The third-order valence-corrected chi connectivity index (χ3v) is 2.34. The molecule has 2 nitrogen and oxygen atoms in total. The lowest BCUT2D eigenvalue weighted by Gasteiger charge is -2.24. The van der Waals surface area contributed by atoms with Crippen molar-refractivity contribution in [2.45, 2.75) is 11.8 Å². The summed E-state index contributed by atoms with van der Waals surface area (Å²) in [6.07, 6.45) is 3.07. The Balaban J connectivity index is 2.37. The highest BCUT2D eigenvalue weighted by Gasteiger charge is 2.55. The minimum Gasteiger partial charge on any atom is -0.390 e. The van der Waals surface area contributed by atoms with Crippen LogP contribution in [0.5, 0.6) is 0 Å². The maximum Gasteiger partial charge on any atom is 0.335 e. The molecule has 0 spiro atoms. The molecule has 0 fully saturated rings. The number of halogens is 4. The molecule has 0 amide bonds. The normalized spacial score (nSPS) is 13.1. The highest BCUT2D eigenvalue weighted by atomic mass is 19.3. The Morgan fingerprint density at radius 3 is 2.26 bits per heavy atom. The summed E-state index contributed by atoms with van der Waals surface area (Å²) in [5.41, 5.74) is 0.846. The Hall–Kier alpha value is -1.40. The van der Waals surface area contributed by atoms with Crippen LogP contribution < -0.4 is 0 Å². The van der Waals surface area contributed by atoms with Crippen LogP contribution in [0.25, 0.3) is 6.08 Å². The van der Waals surface area contributed by atoms with Crippen molar-refractivity contribution in [1.82, 2.24) is 0 Å². The maximum atomic E-state index is 12.9. The van der Waals surface area contributed by atoms with E-state index in [0.29, 0.717) is 0 Å². The van der Waals surface area contributed by atoms with Gasteiger partial charge in [-0.1, -0.05) is 42.5 Å². The first kappa shape index (κ1) is 15.7. The molecule has 0 saturated heterocycles. The monoisotopic (exact) mass is 278 g/mol. The first-order valence-electron chi connectivity index (χ1n) is 5.55. The van der Waals surface area contributed by atoms with Gasteiger partial charge in [-0.3, -0.25) is 0 Å². The molecule has 0 radical (unpaired) electrons. The second kappa shape index (κ2) is 6.68. The molecule has 19 heavy (non-hydrogen) atoms. The zero-order chi connectivity index (χ0) is 14.4. The SMILES string of the molecule is OCC(F)(F)C(F)(F)COC/C=C/c1ccccc1. The van der Waals surface area contributed by atoms with Gasteiger partial charge in [-0.2, -0.15) is 17.6 Å². The molecule has 0 heterocycles. The van der Waals surface area contributed by atoms with Crippen LogP contribution in [0.3, 0.4) is 0 Å². The number of hydrogen-bond acceptors (Lipinski definition) is 2. The second-order valence-corrected chi connectivity index (χ2v) is 3.90. The highest BCUT2D eigenvalue weighted by molar-refractivity contribution is 5.48. The third kappa shape index (κ3) is 4.65. The van der Waals surface area contributed by atoms with Gasteiger partial charge in [0.1, 0.15) is 13.2 Å². The number of aliphatic hydroxyl groups is 1. The quantitative estimate of drug-likeness (QED) is 0.613. The topological polar surface area (TPSA) is 29.5 Å². The van der Waals surface area contributed by atoms with Crippen LogP contribution in [0.15, 0.2) is 36.4 Å². The molecule has 106 valence electrons. The molecule has 0 aliphatic carbocycles. The van der Waals surface area contributed by atoms with Gasteiger partial charge in [0.15, 0.2) is 0 Å². The molecule has 0 unspecified atom stereocenters. The zero-order valence-corrected chi connectivity index (χ0v) is 10.0. The van der Waals surface area contributed by atoms with E-state index in [1.807, 2.05) is 6.07 Å². The number of ether oxygens (including phenoxy) is 1. The summed E-state index contributed by atoms with van der Waals surface area (Å²) in [7, 11) is 0. The smallest absolute Gasteiger partial charge is 0.335 e. The lowest BCUT2D eigenvalue weighted by molar-refractivity contribution is -0.244. The first-order chi connectivity index (χ1) is 8.89. The third-order valence-electron chi connectivity index (χ3n) is 2.34. The van der Waals surface area contributed by atoms with Gasteiger partial charge in [0.05, 0.1) is 6.61 Å². The predicted octanol–water partition coefficient (Wildman–Crippen LogP) is 2.98. The Morgan fingerprint density at radius 1 is 1.05 bits per heavy atom. The molecular formula is C13H14F4O2. The van der Waals surface area contributed by atoms with Gasteiger partial charge >= 0.3 is 11.8 Å². The van der Waals surface area contributed by atoms with Crippen LogP contribution in [0, 0.1) is 0 Å². The van der Waals surface area contributed by atoms with Crippen molar-refractivity contribution in [2.24, 2.45) is 0 Å². The van der Waals surface area contributed by atoms with Crippen molar-refractivity contribution in [2.75, 3.05) is 19.8 Å². The number of alkyl halides is 4. The van der Waals surface area contributed by atoms with Crippen LogP contribution in [-0.4, -0.2) is 36.8 Å². The van der Waals surface area contributed by atoms with Gasteiger partial charge in [0, 0.05) is 0 Å². The summed E-state index contributed by atoms with van der Waals surface area (Å²) in [4.78, 5) is 0. The standard InChI is InChI=1S/C13H14F4O2/c14-12(15,9-18)13(16,17)10-19-8-4-7-11-5-2-1-3-6-11/h1-7,18H,8-10H2/b7-4+. The first-order valence-corrected chi connectivity index (χ1v) is 5.55. The Kier molecular flexibility index (Phi) is 5.50. The molecule has 1 aromatic rings. The molecule has 1 aromatic carbocycles. The number of benzene rings is 1. The lowest BCUT2D eigenvalue weighted by atomic mass is 10.2. The van der Waals surface area contributed by atoms with Crippen LogP contribution in [-0.2, 0) is 4.74 Å². The minimum absolute atomic E-state index is 0.216. The summed E-state index contributed by atoms with van der Waals surface area (Å²) >= 11 is 0. The van der Waals surface area contributed by atoms with Crippen LogP contribution in [0.4, 0.5) is 17.6 Å². The molecule has 0 aliphatic heterocycles. The van der Waals surface area contributed by atoms with E-state index in [2.05, 4.69) is 4.74 Å². The van der Waals surface area contributed by atoms with Crippen molar-refractivity contribution in [3.63, 3.8) is 0 Å². The van der Waals surface area contributed by atoms with Crippen LogP contribution in [0.1, 0.15) is 5.56 Å². The van der Waals surface area contributed by atoms with E-state index in [0.717, 1.165) is 5.56 Å². The number of aliphatic hydroxyl groups excluding tert-OH is 1. The number of rotatable bonds is 7. The van der Waals surface area contributed by atoms with Gasteiger partial charge in [0.25, 0.3) is 0 Å². The van der Waals surface area contributed by atoms with Crippen molar-refractivity contribution < 1.29 is 27.4 Å². The fourth-order valence-corrected chi connectivity index (χ4v) is 1.22. The van der Waals surface area contributed by atoms with Crippen molar-refractivity contribution in [3.8, 4) is 0 Å². The maximum absolute atomic E-state index is 12.9.